The first-order valence-electron chi connectivity index (χ1n) is 7.03. The summed E-state index contributed by atoms with van der Waals surface area (Å²) in [6.45, 7) is 4.00. The van der Waals surface area contributed by atoms with E-state index in [1.54, 1.807) is 16.2 Å². The number of urea groups is 1. The fourth-order valence-corrected chi connectivity index (χ4v) is 3.12. The van der Waals surface area contributed by atoms with Crippen molar-refractivity contribution in [3.63, 3.8) is 0 Å². The maximum atomic E-state index is 12.3. The molecule has 0 spiro atoms. The number of amides is 2. The molecule has 0 aromatic carbocycles. The highest BCUT2D eigenvalue weighted by molar-refractivity contribution is 7.09. The third-order valence-electron chi connectivity index (χ3n) is 3.58. The molecule has 1 N–H and O–H groups in total. The van der Waals surface area contributed by atoms with Gasteiger partial charge in [0.25, 0.3) is 0 Å². The number of carbonyl (C=O) groups is 2. The number of piperazine rings is 1. The number of nitrogens with zero attached hydrogens (tertiary/aromatic N) is 3. The molecule has 0 unspecified atom stereocenters. The van der Waals surface area contributed by atoms with Crippen LogP contribution in [0.25, 0.3) is 0 Å². The highest BCUT2D eigenvalue weighted by Gasteiger charge is 2.23. The highest BCUT2D eigenvalue weighted by atomic mass is 32.1. The van der Waals surface area contributed by atoms with Gasteiger partial charge < -0.3 is 14.9 Å². The van der Waals surface area contributed by atoms with Crippen LogP contribution in [0.15, 0.2) is 17.5 Å². The second-order valence-corrected chi connectivity index (χ2v) is 6.22. The SMILES string of the molecule is CN(Cc1cccs1)C(=O)N1CCN(CCC(=O)O)CC1. The van der Waals surface area contributed by atoms with Crippen LogP contribution in [0.1, 0.15) is 11.3 Å². The average Bonchev–Trinajstić information content (AvgIpc) is 2.97. The molecule has 6 nitrogen and oxygen atoms in total. The fourth-order valence-electron chi connectivity index (χ4n) is 2.36. The van der Waals surface area contributed by atoms with E-state index in [0.29, 0.717) is 26.2 Å². The Balaban J connectivity index is 1.76. The van der Waals surface area contributed by atoms with Crippen molar-refractivity contribution in [2.75, 3.05) is 39.8 Å². The van der Waals surface area contributed by atoms with Crippen LogP contribution in [0.3, 0.4) is 0 Å². The summed E-state index contributed by atoms with van der Waals surface area (Å²) in [4.78, 5) is 29.7. The molecule has 2 amide bonds. The third kappa shape index (κ3) is 4.71. The van der Waals surface area contributed by atoms with Crippen LogP contribution in [-0.2, 0) is 11.3 Å². The maximum absolute atomic E-state index is 12.3. The molecule has 116 valence electrons. The van der Waals surface area contributed by atoms with Gasteiger partial charge in [-0.05, 0) is 11.4 Å². The van der Waals surface area contributed by atoms with Gasteiger partial charge in [-0.15, -0.1) is 11.3 Å². The van der Waals surface area contributed by atoms with Crippen LogP contribution in [0.5, 0.6) is 0 Å². The van der Waals surface area contributed by atoms with E-state index in [4.69, 9.17) is 5.11 Å². The number of carbonyl (C=O) groups excluding carboxylic acids is 1. The Morgan fingerprint density at radius 1 is 1.33 bits per heavy atom. The van der Waals surface area contributed by atoms with Gasteiger partial charge >= 0.3 is 12.0 Å². The molecule has 2 rings (SSSR count). The van der Waals surface area contributed by atoms with E-state index in [0.717, 1.165) is 13.1 Å². The lowest BCUT2D eigenvalue weighted by Crippen LogP contribution is -2.52. The van der Waals surface area contributed by atoms with Crippen molar-refractivity contribution >= 4 is 23.3 Å². The normalized spacial score (nSPS) is 16.0. The lowest BCUT2D eigenvalue weighted by molar-refractivity contribution is -0.137. The Hall–Kier alpha value is -1.60. The molecule has 0 aliphatic carbocycles. The van der Waals surface area contributed by atoms with E-state index in [-0.39, 0.29) is 12.5 Å². The summed E-state index contributed by atoms with van der Waals surface area (Å²) in [5.74, 6) is -0.774. The zero-order valence-corrected chi connectivity index (χ0v) is 13.0. The van der Waals surface area contributed by atoms with Gasteiger partial charge in [-0.3, -0.25) is 9.69 Å². The van der Waals surface area contributed by atoms with Gasteiger partial charge in [0.1, 0.15) is 0 Å². The minimum absolute atomic E-state index is 0.0429. The van der Waals surface area contributed by atoms with E-state index < -0.39 is 5.97 Å². The second-order valence-electron chi connectivity index (χ2n) is 5.19. The molecule has 1 aromatic heterocycles. The van der Waals surface area contributed by atoms with Gasteiger partial charge in [0.05, 0.1) is 13.0 Å². The zero-order valence-electron chi connectivity index (χ0n) is 12.2. The molecule has 0 saturated carbocycles. The van der Waals surface area contributed by atoms with Crippen LogP contribution in [0.4, 0.5) is 4.79 Å². The van der Waals surface area contributed by atoms with Crippen molar-refractivity contribution in [1.29, 1.82) is 0 Å². The van der Waals surface area contributed by atoms with Crippen LogP contribution in [-0.4, -0.2) is 71.6 Å². The topological polar surface area (TPSA) is 64.1 Å². The van der Waals surface area contributed by atoms with Crippen LogP contribution < -0.4 is 0 Å². The summed E-state index contributed by atoms with van der Waals surface area (Å²) >= 11 is 1.65. The predicted octanol–water partition coefficient (Wildman–Crippen LogP) is 1.39. The summed E-state index contributed by atoms with van der Waals surface area (Å²) < 4.78 is 0. The van der Waals surface area contributed by atoms with Crippen LogP contribution in [0, 0.1) is 0 Å². The largest absolute Gasteiger partial charge is 0.481 e. The molecular formula is C14H21N3O3S. The predicted molar refractivity (Wildman–Crippen MR) is 81.4 cm³/mol. The Bertz CT molecular complexity index is 470. The molecule has 1 aliphatic rings. The van der Waals surface area contributed by atoms with Gasteiger partial charge in [-0.2, -0.15) is 0 Å². The Morgan fingerprint density at radius 2 is 2.05 bits per heavy atom. The lowest BCUT2D eigenvalue weighted by Gasteiger charge is -2.36. The van der Waals surface area contributed by atoms with Gasteiger partial charge in [-0.1, -0.05) is 6.07 Å². The third-order valence-corrected chi connectivity index (χ3v) is 4.45. The van der Waals surface area contributed by atoms with Crippen molar-refractivity contribution in [1.82, 2.24) is 14.7 Å². The molecule has 1 saturated heterocycles. The molecule has 7 heteroatoms. The molecule has 2 heterocycles. The fraction of sp³-hybridized carbons (Fsp3) is 0.571. The molecule has 0 radical (unpaired) electrons. The molecular weight excluding hydrogens is 290 g/mol. The summed E-state index contributed by atoms with van der Waals surface area (Å²) in [5, 5.41) is 10.7. The molecule has 1 fully saturated rings. The van der Waals surface area contributed by atoms with E-state index >= 15 is 0 Å². The monoisotopic (exact) mass is 311 g/mol. The number of rotatable bonds is 5. The van der Waals surface area contributed by atoms with Crippen molar-refractivity contribution < 1.29 is 14.7 Å². The van der Waals surface area contributed by atoms with E-state index in [1.165, 1.54) is 4.88 Å². The summed E-state index contributed by atoms with van der Waals surface area (Å²) in [7, 11) is 1.82. The molecule has 21 heavy (non-hydrogen) atoms. The first-order chi connectivity index (χ1) is 10.1. The van der Waals surface area contributed by atoms with Crippen molar-refractivity contribution in [3.8, 4) is 0 Å². The number of aliphatic carboxylic acids is 1. The van der Waals surface area contributed by atoms with Gasteiger partial charge in [0.2, 0.25) is 0 Å². The van der Waals surface area contributed by atoms with Gasteiger partial charge in [-0.25, -0.2) is 4.79 Å². The number of hydrogen-bond donors (Lipinski definition) is 1. The number of hydrogen-bond acceptors (Lipinski definition) is 4. The van der Waals surface area contributed by atoms with E-state index in [2.05, 4.69) is 4.90 Å². The molecule has 1 aliphatic heterocycles. The maximum Gasteiger partial charge on any atom is 0.320 e. The first-order valence-corrected chi connectivity index (χ1v) is 7.91. The van der Waals surface area contributed by atoms with Crippen molar-refractivity contribution in [3.05, 3.63) is 22.4 Å². The summed E-state index contributed by atoms with van der Waals surface area (Å²) in [5.41, 5.74) is 0. The highest BCUT2D eigenvalue weighted by Crippen LogP contribution is 2.13. The summed E-state index contributed by atoms with van der Waals surface area (Å²) in [6.07, 6.45) is 0.159. The van der Waals surface area contributed by atoms with E-state index in [1.807, 2.05) is 29.5 Å². The zero-order chi connectivity index (χ0) is 15.2. The quantitative estimate of drug-likeness (QED) is 0.892. The molecule has 1 aromatic rings. The molecule has 0 atom stereocenters. The summed E-state index contributed by atoms with van der Waals surface area (Å²) in [6, 6.07) is 4.05. The van der Waals surface area contributed by atoms with E-state index in [9.17, 15) is 9.59 Å². The lowest BCUT2D eigenvalue weighted by atomic mass is 10.3. The van der Waals surface area contributed by atoms with Crippen molar-refractivity contribution in [2.24, 2.45) is 0 Å². The molecule has 0 bridgehead atoms. The van der Waals surface area contributed by atoms with Crippen molar-refractivity contribution in [2.45, 2.75) is 13.0 Å². The minimum Gasteiger partial charge on any atom is -0.481 e. The Labute approximate surface area is 128 Å². The Kier molecular flexibility index (Phi) is 5.58. The second kappa shape index (κ2) is 7.42. The van der Waals surface area contributed by atoms with Gasteiger partial charge in [0.15, 0.2) is 0 Å². The van der Waals surface area contributed by atoms with Crippen LogP contribution in [0.2, 0.25) is 0 Å². The van der Waals surface area contributed by atoms with Crippen LogP contribution >= 0.6 is 11.3 Å². The minimum atomic E-state index is -0.774. The smallest absolute Gasteiger partial charge is 0.320 e. The first kappa shape index (κ1) is 15.8. The Morgan fingerprint density at radius 3 is 2.62 bits per heavy atom. The average molecular weight is 311 g/mol. The number of thiophene rings is 1. The standard InChI is InChI=1S/C14H21N3O3S/c1-15(11-12-3-2-10-21-12)14(20)17-8-6-16(7-9-17)5-4-13(18)19/h2-3,10H,4-9,11H2,1H3,(H,18,19). The number of carboxylic acids is 1. The van der Waals surface area contributed by atoms with Gasteiger partial charge in [0, 0.05) is 44.6 Å². The number of carboxylic acid groups (broad SMARTS) is 1.